The van der Waals surface area contributed by atoms with Crippen molar-refractivity contribution in [1.82, 2.24) is 0 Å². The van der Waals surface area contributed by atoms with Crippen LogP contribution < -0.4 is 10.4 Å². The Labute approximate surface area is 85.7 Å². The molecule has 0 amide bonds. The van der Waals surface area contributed by atoms with Crippen molar-refractivity contribution in [3.63, 3.8) is 0 Å². The Morgan fingerprint density at radius 2 is 2.13 bits per heavy atom. The van der Waals surface area contributed by atoms with Gasteiger partial charge in [0.1, 0.15) is 16.9 Å². The molecule has 0 aliphatic heterocycles. The fourth-order valence-electron chi connectivity index (χ4n) is 1.53. The van der Waals surface area contributed by atoms with Crippen LogP contribution in [-0.4, -0.2) is 12.2 Å². The molecule has 2 aromatic rings. The lowest BCUT2D eigenvalue weighted by atomic mass is 10.1. The minimum absolute atomic E-state index is 0.149. The minimum atomic E-state index is -0.562. The van der Waals surface area contributed by atoms with Crippen molar-refractivity contribution in [2.45, 2.75) is 6.61 Å². The summed E-state index contributed by atoms with van der Waals surface area (Å²) in [5, 5.41) is 9.73. The molecule has 0 atom stereocenters. The molecule has 1 aromatic carbocycles. The molecule has 0 unspecified atom stereocenters. The first-order chi connectivity index (χ1) is 7.27. The topological polar surface area (TPSA) is 59.7 Å². The highest BCUT2D eigenvalue weighted by atomic mass is 16.5. The zero-order valence-corrected chi connectivity index (χ0v) is 8.19. The van der Waals surface area contributed by atoms with Crippen molar-refractivity contribution < 1.29 is 14.3 Å². The molecule has 0 saturated carbocycles. The Morgan fingerprint density at radius 1 is 1.40 bits per heavy atom. The van der Waals surface area contributed by atoms with Crippen LogP contribution >= 0.6 is 0 Å². The van der Waals surface area contributed by atoms with Crippen LogP contribution in [0.5, 0.6) is 5.75 Å². The molecule has 15 heavy (non-hydrogen) atoms. The van der Waals surface area contributed by atoms with Gasteiger partial charge in [-0.3, -0.25) is 0 Å². The molecule has 1 aromatic heterocycles. The predicted octanol–water partition coefficient (Wildman–Crippen LogP) is 1.29. The predicted molar refractivity (Wildman–Crippen MR) is 55.0 cm³/mol. The van der Waals surface area contributed by atoms with E-state index in [1.54, 1.807) is 18.2 Å². The summed E-state index contributed by atoms with van der Waals surface area (Å²) < 4.78 is 10.1. The second kappa shape index (κ2) is 3.74. The quantitative estimate of drug-likeness (QED) is 0.752. The third-order valence-electron chi connectivity index (χ3n) is 2.22. The van der Waals surface area contributed by atoms with Gasteiger partial charge in [-0.25, -0.2) is 4.79 Å². The molecule has 78 valence electrons. The van der Waals surface area contributed by atoms with Crippen LogP contribution in [0.3, 0.4) is 0 Å². The summed E-state index contributed by atoms with van der Waals surface area (Å²) in [5.41, 5.74) is 0.0424. The molecule has 4 heteroatoms. The number of rotatable bonds is 2. The van der Waals surface area contributed by atoms with E-state index in [1.165, 1.54) is 7.11 Å². The van der Waals surface area contributed by atoms with E-state index >= 15 is 0 Å². The minimum Gasteiger partial charge on any atom is -0.495 e. The van der Waals surface area contributed by atoms with Crippen molar-refractivity contribution in [3.8, 4) is 5.75 Å². The van der Waals surface area contributed by atoms with E-state index in [1.807, 2.05) is 6.07 Å². The lowest BCUT2D eigenvalue weighted by Gasteiger charge is -2.07. The third-order valence-corrected chi connectivity index (χ3v) is 2.22. The molecule has 1 heterocycles. The Hall–Kier alpha value is -1.81. The first-order valence-corrected chi connectivity index (χ1v) is 4.47. The van der Waals surface area contributed by atoms with Gasteiger partial charge in [0.05, 0.1) is 19.1 Å². The number of ether oxygens (including phenoxy) is 1. The van der Waals surface area contributed by atoms with Crippen molar-refractivity contribution in [2.24, 2.45) is 0 Å². The summed E-state index contributed by atoms with van der Waals surface area (Å²) in [6, 6.07) is 7.03. The van der Waals surface area contributed by atoms with Gasteiger partial charge in [-0.15, -0.1) is 0 Å². The fraction of sp³-hybridized carbons (Fsp3) is 0.182. The molecule has 0 bridgehead atoms. The smallest absolute Gasteiger partial charge is 0.345 e. The van der Waals surface area contributed by atoms with Gasteiger partial charge >= 0.3 is 5.63 Å². The molecule has 0 fully saturated rings. The van der Waals surface area contributed by atoms with Gasteiger partial charge in [0.25, 0.3) is 0 Å². The van der Waals surface area contributed by atoms with E-state index in [2.05, 4.69) is 0 Å². The number of methoxy groups -OCH3 is 1. The maximum absolute atomic E-state index is 11.4. The van der Waals surface area contributed by atoms with Gasteiger partial charge in [0, 0.05) is 0 Å². The number of fused-ring (bicyclic) bond motifs is 1. The van der Waals surface area contributed by atoms with Crippen molar-refractivity contribution in [2.75, 3.05) is 7.11 Å². The number of benzene rings is 1. The van der Waals surface area contributed by atoms with E-state index in [0.29, 0.717) is 16.7 Å². The molecule has 0 spiro atoms. The van der Waals surface area contributed by atoms with E-state index in [4.69, 9.17) is 14.3 Å². The Kier molecular flexibility index (Phi) is 2.43. The maximum atomic E-state index is 11.4. The number of hydrogen-bond donors (Lipinski definition) is 1. The molecule has 0 aliphatic rings. The van der Waals surface area contributed by atoms with Gasteiger partial charge in [-0.2, -0.15) is 0 Å². The number of aliphatic hydroxyl groups excluding tert-OH is 1. The zero-order valence-electron chi connectivity index (χ0n) is 8.19. The van der Waals surface area contributed by atoms with Gasteiger partial charge in [-0.1, -0.05) is 12.1 Å². The van der Waals surface area contributed by atoms with E-state index in [9.17, 15) is 4.79 Å². The average molecular weight is 206 g/mol. The highest BCUT2D eigenvalue weighted by Gasteiger charge is 2.13. The summed E-state index contributed by atoms with van der Waals surface area (Å²) in [6.07, 6.45) is 0. The standard InChI is InChI=1S/C11H10O4/c1-14-10-7-4-2-3-5-9(7)15-11(13)8(10)6-12/h2-5,12H,6H2,1H3. The number of aliphatic hydroxyl groups is 1. The van der Waals surface area contributed by atoms with Crippen molar-refractivity contribution >= 4 is 11.0 Å². The average Bonchev–Trinajstić information content (AvgIpc) is 2.27. The van der Waals surface area contributed by atoms with E-state index < -0.39 is 12.2 Å². The van der Waals surface area contributed by atoms with Gasteiger partial charge in [0.15, 0.2) is 0 Å². The Bertz CT molecular complexity index is 542. The zero-order chi connectivity index (χ0) is 10.8. The van der Waals surface area contributed by atoms with Crippen LogP contribution in [0.15, 0.2) is 33.5 Å². The summed E-state index contributed by atoms with van der Waals surface area (Å²) in [7, 11) is 1.46. The molecule has 1 N–H and O–H groups in total. The van der Waals surface area contributed by atoms with Gasteiger partial charge in [0.2, 0.25) is 0 Å². The maximum Gasteiger partial charge on any atom is 0.345 e. The van der Waals surface area contributed by atoms with Gasteiger partial charge in [-0.05, 0) is 12.1 Å². The normalized spacial score (nSPS) is 10.5. The summed E-state index contributed by atoms with van der Waals surface area (Å²) in [4.78, 5) is 11.4. The lowest BCUT2D eigenvalue weighted by Crippen LogP contribution is -2.09. The largest absolute Gasteiger partial charge is 0.495 e. The summed E-state index contributed by atoms with van der Waals surface area (Å²) in [5.74, 6) is 0.379. The SMILES string of the molecule is COc1c(CO)c(=O)oc2ccccc12. The van der Waals surface area contributed by atoms with Crippen LogP contribution in [0, 0.1) is 0 Å². The summed E-state index contributed by atoms with van der Waals surface area (Å²) >= 11 is 0. The number of para-hydroxylation sites is 1. The molecular weight excluding hydrogens is 196 g/mol. The molecular formula is C11H10O4. The molecule has 0 radical (unpaired) electrons. The monoisotopic (exact) mass is 206 g/mol. The highest BCUT2D eigenvalue weighted by molar-refractivity contribution is 5.84. The van der Waals surface area contributed by atoms with Crippen LogP contribution in [0.4, 0.5) is 0 Å². The first kappa shape index (κ1) is 9.73. The fourth-order valence-corrected chi connectivity index (χ4v) is 1.53. The van der Waals surface area contributed by atoms with Crippen molar-refractivity contribution in [1.29, 1.82) is 0 Å². The first-order valence-electron chi connectivity index (χ1n) is 4.47. The van der Waals surface area contributed by atoms with Crippen LogP contribution in [0.25, 0.3) is 11.0 Å². The van der Waals surface area contributed by atoms with Crippen LogP contribution in [0.1, 0.15) is 5.56 Å². The molecule has 0 aliphatic carbocycles. The Balaban J connectivity index is 2.91. The van der Waals surface area contributed by atoms with E-state index in [-0.39, 0.29) is 5.56 Å². The lowest BCUT2D eigenvalue weighted by molar-refractivity contribution is 0.267. The van der Waals surface area contributed by atoms with E-state index in [0.717, 1.165) is 0 Å². The number of hydrogen-bond acceptors (Lipinski definition) is 4. The van der Waals surface area contributed by atoms with Crippen LogP contribution in [-0.2, 0) is 6.61 Å². The highest BCUT2D eigenvalue weighted by Crippen LogP contribution is 2.26. The van der Waals surface area contributed by atoms with Crippen LogP contribution in [0.2, 0.25) is 0 Å². The second-order valence-corrected chi connectivity index (χ2v) is 3.06. The molecule has 2 rings (SSSR count). The molecule has 4 nitrogen and oxygen atoms in total. The second-order valence-electron chi connectivity index (χ2n) is 3.06. The Morgan fingerprint density at radius 3 is 2.80 bits per heavy atom. The van der Waals surface area contributed by atoms with Gasteiger partial charge < -0.3 is 14.3 Å². The summed E-state index contributed by atoms with van der Waals surface area (Å²) in [6.45, 7) is -0.393. The third kappa shape index (κ3) is 1.49. The molecule has 0 saturated heterocycles. The van der Waals surface area contributed by atoms with Crippen molar-refractivity contribution in [3.05, 3.63) is 40.2 Å².